The Balaban J connectivity index is 2.28. The van der Waals surface area contributed by atoms with Crippen molar-refractivity contribution in [3.8, 4) is 0 Å². The Morgan fingerprint density at radius 3 is 3.08 bits per heavy atom. The van der Waals surface area contributed by atoms with Crippen molar-refractivity contribution in [2.45, 2.75) is 39.2 Å². The number of rotatable bonds is 1. The number of thiazole rings is 1. The molecule has 0 saturated carbocycles. The molecule has 1 heterocycles. The van der Waals surface area contributed by atoms with Crippen molar-refractivity contribution in [1.82, 2.24) is 4.98 Å². The highest BCUT2D eigenvalue weighted by molar-refractivity contribution is 7.11. The Labute approximate surface area is 83.2 Å². The minimum Gasteiger partial charge on any atom is -0.322 e. The van der Waals surface area contributed by atoms with Gasteiger partial charge in [0.1, 0.15) is 5.01 Å². The summed E-state index contributed by atoms with van der Waals surface area (Å²) in [5, 5.41) is 1.11. The zero-order chi connectivity index (χ0) is 9.42. The zero-order valence-electron chi connectivity index (χ0n) is 8.21. The van der Waals surface area contributed by atoms with Crippen molar-refractivity contribution >= 4 is 11.3 Å². The topological polar surface area (TPSA) is 38.9 Å². The van der Waals surface area contributed by atoms with Crippen molar-refractivity contribution in [1.29, 1.82) is 0 Å². The summed E-state index contributed by atoms with van der Waals surface area (Å²) in [6, 6.07) is 0.103. The van der Waals surface area contributed by atoms with E-state index in [2.05, 4.69) is 11.9 Å². The first kappa shape index (κ1) is 9.16. The molecule has 2 nitrogen and oxygen atoms in total. The summed E-state index contributed by atoms with van der Waals surface area (Å²) in [7, 11) is 0. The Bertz CT molecular complexity index is 304. The van der Waals surface area contributed by atoms with Crippen LogP contribution in [0.2, 0.25) is 0 Å². The molecule has 72 valence electrons. The maximum atomic E-state index is 5.81. The number of fused-ring (bicyclic) bond motifs is 1. The molecule has 0 aliphatic heterocycles. The van der Waals surface area contributed by atoms with Crippen molar-refractivity contribution < 1.29 is 0 Å². The molecule has 1 aromatic rings. The first-order valence-corrected chi connectivity index (χ1v) is 5.72. The zero-order valence-corrected chi connectivity index (χ0v) is 9.03. The lowest BCUT2D eigenvalue weighted by molar-refractivity contribution is 0.501. The van der Waals surface area contributed by atoms with Crippen LogP contribution in [0.15, 0.2) is 0 Å². The Hall–Kier alpha value is -0.410. The van der Waals surface area contributed by atoms with Crippen molar-refractivity contribution in [3.63, 3.8) is 0 Å². The van der Waals surface area contributed by atoms with Crippen LogP contribution in [0.5, 0.6) is 0 Å². The highest BCUT2D eigenvalue weighted by atomic mass is 32.1. The van der Waals surface area contributed by atoms with Gasteiger partial charge in [0.05, 0.1) is 11.7 Å². The van der Waals surface area contributed by atoms with Crippen LogP contribution in [0, 0.1) is 5.92 Å². The normalized spacial score (nSPS) is 24.1. The molecule has 0 saturated heterocycles. The Morgan fingerprint density at radius 1 is 1.62 bits per heavy atom. The van der Waals surface area contributed by atoms with Crippen molar-refractivity contribution in [2.24, 2.45) is 11.7 Å². The molecule has 2 unspecified atom stereocenters. The van der Waals surface area contributed by atoms with Gasteiger partial charge in [-0.2, -0.15) is 0 Å². The van der Waals surface area contributed by atoms with Crippen LogP contribution in [0.3, 0.4) is 0 Å². The molecule has 0 radical (unpaired) electrons. The first-order chi connectivity index (χ1) is 6.16. The number of nitrogens with two attached hydrogens (primary N) is 1. The van der Waals surface area contributed by atoms with E-state index in [0.29, 0.717) is 0 Å². The van der Waals surface area contributed by atoms with Crippen LogP contribution < -0.4 is 5.73 Å². The fourth-order valence-corrected chi connectivity index (χ4v) is 2.98. The van der Waals surface area contributed by atoms with E-state index in [1.54, 1.807) is 0 Å². The quantitative estimate of drug-likeness (QED) is 0.748. The molecule has 1 aliphatic carbocycles. The van der Waals surface area contributed by atoms with Gasteiger partial charge in [0.2, 0.25) is 0 Å². The summed E-state index contributed by atoms with van der Waals surface area (Å²) in [5.41, 5.74) is 7.12. The SMILES string of the molecule is CC1CCc2nc(C(C)N)sc2C1. The maximum absolute atomic E-state index is 5.81. The van der Waals surface area contributed by atoms with Gasteiger partial charge in [0, 0.05) is 4.88 Å². The minimum absolute atomic E-state index is 0.103. The third-order valence-electron chi connectivity index (χ3n) is 2.59. The largest absolute Gasteiger partial charge is 0.322 e. The van der Waals surface area contributed by atoms with E-state index < -0.39 is 0 Å². The van der Waals surface area contributed by atoms with Gasteiger partial charge in [-0.25, -0.2) is 4.98 Å². The van der Waals surface area contributed by atoms with Crippen molar-refractivity contribution in [2.75, 3.05) is 0 Å². The van der Waals surface area contributed by atoms with Gasteiger partial charge in [-0.15, -0.1) is 11.3 Å². The third kappa shape index (κ3) is 1.76. The van der Waals surface area contributed by atoms with Gasteiger partial charge >= 0.3 is 0 Å². The summed E-state index contributed by atoms with van der Waals surface area (Å²) < 4.78 is 0. The molecule has 0 fully saturated rings. The summed E-state index contributed by atoms with van der Waals surface area (Å²) in [6.07, 6.45) is 3.65. The Kier molecular flexibility index (Phi) is 2.39. The lowest BCUT2D eigenvalue weighted by Crippen LogP contribution is -2.09. The van der Waals surface area contributed by atoms with E-state index in [4.69, 9.17) is 5.73 Å². The van der Waals surface area contributed by atoms with Crippen LogP contribution in [0.1, 0.15) is 41.9 Å². The van der Waals surface area contributed by atoms with Crippen LogP contribution >= 0.6 is 11.3 Å². The fourth-order valence-electron chi connectivity index (χ4n) is 1.75. The standard InChI is InChI=1S/C10H16N2S/c1-6-3-4-8-9(5-6)13-10(12-8)7(2)11/h6-7H,3-5,11H2,1-2H3. The highest BCUT2D eigenvalue weighted by Crippen LogP contribution is 2.31. The average Bonchev–Trinajstić information content (AvgIpc) is 2.46. The lowest BCUT2D eigenvalue weighted by atomic mass is 9.93. The molecule has 3 heteroatoms. The van der Waals surface area contributed by atoms with Gasteiger partial charge in [-0.1, -0.05) is 6.92 Å². The number of aryl methyl sites for hydroxylation is 1. The van der Waals surface area contributed by atoms with Gasteiger partial charge in [-0.3, -0.25) is 0 Å². The number of hydrogen-bond acceptors (Lipinski definition) is 3. The lowest BCUT2D eigenvalue weighted by Gasteiger charge is -2.15. The summed E-state index contributed by atoms with van der Waals surface area (Å²) in [4.78, 5) is 6.06. The van der Waals surface area contributed by atoms with Crippen LogP contribution in [0.25, 0.3) is 0 Å². The molecule has 0 amide bonds. The minimum atomic E-state index is 0.103. The fraction of sp³-hybridized carbons (Fsp3) is 0.700. The van der Waals surface area contributed by atoms with E-state index in [1.807, 2.05) is 18.3 Å². The van der Waals surface area contributed by atoms with Crippen LogP contribution in [0.4, 0.5) is 0 Å². The molecule has 13 heavy (non-hydrogen) atoms. The van der Waals surface area contributed by atoms with Crippen molar-refractivity contribution in [3.05, 3.63) is 15.6 Å². The maximum Gasteiger partial charge on any atom is 0.110 e. The molecule has 0 spiro atoms. The summed E-state index contributed by atoms with van der Waals surface area (Å²) in [6.45, 7) is 4.32. The molecule has 1 aliphatic rings. The average molecular weight is 196 g/mol. The van der Waals surface area contributed by atoms with Gasteiger partial charge in [-0.05, 0) is 32.1 Å². The third-order valence-corrected chi connectivity index (χ3v) is 3.91. The molecule has 2 rings (SSSR count). The predicted octanol–water partition coefficient (Wildman–Crippen LogP) is 2.29. The molecule has 1 aromatic heterocycles. The Morgan fingerprint density at radius 2 is 2.38 bits per heavy atom. The predicted molar refractivity (Wildman–Crippen MR) is 55.9 cm³/mol. The van der Waals surface area contributed by atoms with E-state index in [-0.39, 0.29) is 6.04 Å². The van der Waals surface area contributed by atoms with Gasteiger partial charge < -0.3 is 5.73 Å². The van der Waals surface area contributed by atoms with Gasteiger partial charge in [0.15, 0.2) is 0 Å². The molecular weight excluding hydrogens is 180 g/mol. The molecular formula is C10H16N2S. The highest BCUT2D eigenvalue weighted by Gasteiger charge is 2.20. The number of hydrogen-bond donors (Lipinski definition) is 1. The van der Waals surface area contributed by atoms with E-state index in [0.717, 1.165) is 17.3 Å². The van der Waals surface area contributed by atoms with E-state index in [1.165, 1.54) is 23.4 Å². The monoisotopic (exact) mass is 196 g/mol. The van der Waals surface area contributed by atoms with E-state index >= 15 is 0 Å². The van der Waals surface area contributed by atoms with Gasteiger partial charge in [0.25, 0.3) is 0 Å². The second-order valence-corrected chi connectivity index (χ2v) is 5.17. The summed E-state index contributed by atoms with van der Waals surface area (Å²) in [5.74, 6) is 0.828. The second kappa shape index (κ2) is 3.39. The summed E-state index contributed by atoms with van der Waals surface area (Å²) >= 11 is 1.81. The number of aromatic nitrogens is 1. The molecule has 2 atom stereocenters. The first-order valence-electron chi connectivity index (χ1n) is 4.91. The molecule has 0 bridgehead atoms. The second-order valence-electron chi connectivity index (χ2n) is 4.06. The van der Waals surface area contributed by atoms with Crippen LogP contribution in [-0.2, 0) is 12.8 Å². The van der Waals surface area contributed by atoms with Crippen LogP contribution in [-0.4, -0.2) is 4.98 Å². The smallest absolute Gasteiger partial charge is 0.110 e. The molecule has 2 N–H and O–H groups in total. The van der Waals surface area contributed by atoms with E-state index in [9.17, 15) is 0 Å². The number of nitrogens with zero attached hydrogens (tertiary/aromatic N) is 1. The molecule has 0 aromatic carbocycles.